The predicted molar refractivity (Wildman–Crippen MR) is 120 cm³/mol. The van der Waals surface area contributed by atoms with Gasteiger partial charge in [0.1, 0.15) is 17.5 Å². The molecule has 0 N–H and O–H groups in total. The van der Waals surface area contributed by atoms with E-state index in [0.29, 0.717) is 44.5 Å². The molecule has 1 aromatic heterocycles. The number of rotatable bonds is 4. The van der Waals surface area contributed by atoms with Crippen molar-refractivity contribution < 1.29 is 13.9 Å². The van der Waals surface area contributed by atoms with Crippen molar-refractivity contribution in [1.29, 1.82) is 0 Å². The highest BCUT2D eigenvalue weighted by Crippen LogP contribution is 2.31. The molecule has 2 fully saturated rings. The minimum Gasteiger partial charge on any atom is -0.378 e. The third-order valence-corrected chi connectivity index (χ3v) is 6.91. The van der Waals surface area contributed by atoms with Gasteiger partial charge in [0.15, 0.2) is 0 Å². The van der Waals surface area contributed by atoms with Crippen LogP contribution in [-0.4, -0.2) is 53.6 Å². The van der Waals surface area contributed by atoms with E-state index < -0.39 is 0 Å². The normalized spacial score (nSPS) is 19.7. The van der Waals surface area contributed by atoms with Crippen LogP contribution in [0.4, 0.5) is 10.2 Å². The highest BCUT2D eigenvalue weighted by atomic mass is 19.1. The Hall–Kier alpha value is -2.54. The highest BCUT2D eigenvalue weighted by molar-refractivity contribution is 5.79. The SMILES string of the molecule is O=C(C1CCCCC1)N1CCc2nc(Cc3cccc(F)c3)nc(N3CCOCC3)c2C1. The van der Waals surface area contributed by atoms with Gasteiger partial charge in [-0.3, -0.25) is 4.79 Å². The largest absolute Gasteiger partial charge is 0.378 e. The summed E-state index contributed by atoms with van der Waals surface area (Å²) in [6.07, 6.45) is 6.83. The lowest BCUT2D eigenvalue weighted by Crippen LogP contribution is -2.43. The molecule has 1 aliphatic carbocycles. The van der Waals surface area contributed by atoms with Crippen molar-refractivity contribution in [1.82, 2.24) is 14.9 Å². The van der Waals surface area contributed by atoms with E-state index >= 15 is 0 Å². The first-order valence-corrected chi connectivity index (χ1v) is 11.9. The Labute approximate surface area is 188 Å². The van der Waals surface area contributed by atoms with Gasteiger partial charge in [-0.25, -0.2) is 14.4 Å². The molecule has 7 heteroatoms. The van der Waals surface area contributed by atoms with Crippen LogP contribution in [0.1, 0.15) is 54.7 Å². The zero-order chi connectivity index (χ0) is 21.9. The second-order valence-corrected chi connectivity index (χ2v) is 9.14. The topological polar surface area (TPSA) is 58.6 Å². The van der Waals surface area contributed by atoms with Gasteiger partial charge in [0.05, 0.1) is 25.5 Å². The molecule has 0 radical (unpaired) electrons. The summed E-state index contributed by atoms with van der Waals surface area (Å²) in [5, 5.41) is 0. The molecule has 1 amide bonds. The maximum absolute atomic E-state index is 13.7. The lowest BCUT2D eigenvalue weighted by molar-refractivity contribution is -0.137. The van der Waals surface area contributed by atoms with Gasteiger partial charge >= 0.3 is 0 Å². The number of amides is 1. The molecular formula is C25H31FN4O2. The summed E-state index contributed by atoms with van der Waals surface area (Å²) in [4.78, 5) is 27.3. The Bertz CT molecular complexity index is 970. The number of anilines is 1. The van der Waals surface area contributed by atoms with Gasteiger partial charge in [-0.15, -0.1) is 0 Å². The zero-order valence-electron chi connectivity index (χ0n) is 18.6. The van der Waals surface area contributed by atoms with Gasteiger partial charge in [0, 0.05) is 44.0 Å². The first-order valence-electron chi connectivity index (χ1n) is 11.9. The standard InChI is InChI=1S/C25H31FN4O2/c26-20-8-4-5-18(15-20)16-23-27-22-9-10-30(25(31)19-6-2-1-3-7-19)17-21(22)24(28-23)29-11-13-32-14-12-29/h4-5,8,15,19H,1-3,6-7,9-14,16-17H2. The average molecular weight is 439 g/mol. The zero-order valence-corrected chi connectivity index (χ0v) is 18.6. The number of morpholine rings is 1. The van der Waals surface area contributed by atoms with E-state index in [1.165, 1.54) is 12.5 Å². The smallest absolute Gasteiger partial charge is 0.225 e. The highest BCUT2D eigenvalue weighted by Gasteiger charge is 2.32. The molecule has 3 aliphatic rings. The maximum atomic E-state index is 13.7. The Morgan fingerprint density at radius 2 is 1.91 bits per heavy atom. The molecule has 1 saturated heterocycles. The maximum Gasteiger partial charge on any atom is 0.225 e. The van der Waals surface area contributed by atoms with Gasteiger partial charge in [-0.2, -0.15) is 0 Å². The summed E-state index contributed by atoms with van der Waals surface area (Å²) in [6.45, 7) is 4.18. The average Bonchev–Trinajstić information content (AvgIpc) is 2.84. The van der Waals surface area contributed by atoms with Crippen LogP contribution in [0.15, 0.2) is 24.3 Å². The molecule has 0 spiro atoms. The van der Waals surface area contributed by atoms with E-state index in [1.54, 1.807) is 12.1 Å². The number of ether oxygens (including phenoxy) is 1. The van der Waals surface area contributed by atoms with Crippen LogP contribution in [-0.2, 0) is 28.9 Å². The summed E-state index contributed by atoms with van der Waals surface area (Å²) < 4.78 is 19.2. The summed E-state index contributed by atoms with van der Waals surface area (Å²) in [7, 11) is 0. The summed E-state index contributed by atoms with van der Waals surface area (Å²) in [5.41, 5.74) is 2.97. The van der Waals surface area contributed by atoms with Crippen molar-refractivity contribution in [3.05, 3.63) is 52.7 Å². The molecule has 3 heterocycles. The third-order valence-electron chi connectivity index (χ3n) is 6.91. The number of carbonyl (C=O) groups excluding carboxylic acids is 1. The van der Waals surface area contributed by atoms with Crippen LogP contribution in [0, 0.1) is 11.7 Å². The molecule has 0 bridgehead atoms. The van der Waals surface area contributed by atoms with Gasteiger partial charge in [0.2, 0.25) is 5.91 Å². The van der Waals surface area contributed by atoms with Crippen LogP contribution in [0.2, 0.25) is 0 Å². The molecular weight excluding hydrogens is 407 g/mol. The van der Waals surface area contributed by atoms with Crippen LogP contribution in [0.3, 0.4) is 0 Å². The fourth-order valence-corrected chi connectivity index (χ4v) is 5.19. The summed E-state index contributed by atoms with van der Waals surface area (Å²) in [6, 6.07) is 6.63. The molecule has 1 aromatic carbocycles. The lowest BCUT2D eigenvalue weighted by Gasteiger charge is -2.36. The van der Waals surface area contributed by atoms with E-state index in [0.717, 1.165) is 67.8 Å². The van der Waals surface area contributed by atoms with E-state index in [4.69, 9.17) is 14.7 Å². The van der Waals surface area contributed by atoms with Crippen molar-refractivity contribution in [3.8, 4) is 0 Å². The molecule has 1 saturated carbocycles. The van der Waals surface area contributed by atoms with Gasteiger partial charge in [-0.05, 0) is 30.5 Å². The number of benzene rings is 1. The molecule has 6 nitrogen and oxygen atoms in total. The number of halogens is 1. The van der Waals surface area contributed by atoms with Gasteiger partial charge in [-0.1, -0.05) is 31.4 Å². The van der Waals surface area contributed by atoms with Crippen molar-refractivity contribution in [2.24, 2.45) is 5.92 Å². The van der Waals surface area contributed by atoms with E-state index in [1.807, 2.05) is 11.0 Å². The lowest BCUT2D eigenvalue weighted by atomic mass is 9.87. The van der Waals surface area contributed by atoms with E-state index in [2.05, 4.69) is 4.90 Å². The second-order valence-electron chi connectivity index (χ2n) is 9.14. The third kappa shape index (κ3) is 4.63. The molecule has 0 unspecified atom stereocenters. The van der Waals surface area contributed by atoms with Crippen LogP contribution in [0.25, 0.3) is 0 Å². The molecule has 170 valence electrons. The number of carbonyl (C=O) groups is 1. The Balaban J connectivity index is 1.43. The van der Waals surface area contributed by atoms with Crippen molar-refractivity contribution in [2.45, 2.75) is 51.5 Å². The van der Waals surface area contributed by atoms with E-state index in [-0.39, 0.29) is 11.7 Å². The predicted octanol–water partition coefficient (Wildman–Crippen LogP) is 3.51. The summed E-state index contributed by atoms with van der Waals surface area (Å²) >= 11 is 0. The number of nitrogens with zero attached hydrogens (tertiary/aromatic N) is 4. The quantitative estimate of drug-likeness (QED) is 0.731. The summed E-state index contributed by atoms with van der Waals surface area (Å²) in [5.74, 6) is 1.86. The van der Waals surface area contributed by atoms with Gasteiger partial charge in [0.25, 0.3) is 0 Å². The van der Waals surface area contributed by atoms with E-state index in [9.17, 15) is 9.18 Å². The molecule has 2 aliphatic heterocycles. The number of aromatic nitrogens is 2. The van der Waals surface area contributed by atoms with Crippen molar-refractivity contribution in [3.63, 3.8) is 0 Å². The van der Waals surface area contributed by atoms with Crippen molar-refractivity contribution in [2.75, 3.05) is 37.7 Å². The first kappa shape index (κ1) is 21.3. The Morgan fingerprint density at radius 3 is 2.69 bits per heavy atom. The molecule has 0 atom stereocenters. The fraction of sp³-hybridized carbons (Fsp3) is 0.560. The van der Waals surface area contributed by atoms with Gasteiger partial charge < -0.3 is 14.5 Å². The van der Waals surface area contributed by atoms with Crippen LogP contribution < -0.4 is 4.90 Å². The first-order chi connectivity index (χ1) is 15.7. The fourth-order valence-electron chi connectivity index (χ4n) is 5.19. The minimum absolute atomic E-state index is 0.172. The second kappa shape index (κ2) is 9.53. The number of hydrogen-bond acceptors (Lipinski definition) is 5. The molecule has 32 heavy (non-hydrogen) atoms. The number of fused-ring (bicyclic) bond motifs is 1. The molecule has 2 aromatic rings. The minimum atomic E-state index is -0.245. The van der Waals surface area contributed by atoms with Crippen LogP contribution in [0.5, 0.6) is 0 Å². The molecule has 5 rings (SSSR count). The monoisotopic (exact) mass is 438 g/mol. The van der Waals surface area contributed by atoms with Crippen molar-refractivity contribution >= 4 is 11.7 Å². The Kier molecular flexibility index (Phi) is 6.35. The Morgan fingerprint density at radius 1 is 1.09 bits per heavy atom. The number of hydrogen-bond donors (Lipinski definition) is 0. The van der Waals surface area contributed by atoms with Crippen LogP contribution >= 0.6 is 0 Å².